The van der Waals surface area contributed by atoms with E-state index in [1.807, 2.05) is 13.0 Å². The van der Waals surface area contributed by atoms with Gasteiger partial charge in [0.05, 0.1) is 6.10 Å². The van der Waals surface area contributed by atoms with E-state index in [0.717, 1.165) is 31.7 Å². The molecule has 1 aromatic rings. The highest BCUT2D eigenvalue weighted by molar-refractivity contribution is 6.29. The Hall–Kier alpha value is -0.870. The molecule has 1 saturated heterocycles. The van der Waals surface area contributed by atoms with Gasteiger partial charge in [0, 0.05) is 25.1 Å². The summed E-state index contributed by atoms with van der Waals surface area (Å²) in [7, 11) is 0. The molecule has 3 unspecified atom stereocenters. The zero-order valence-corrected chi connectivity index (χ0v) is 10.6. The summed E-state index contributed by atoms with van der Waals surface area (Å²) in [5.41, 5.74) is 0. The Kier molecular flexibility index (Phi) is 2.71. The fraction of sp³-hybridized carbons (Fsp3) is 0.667. The number of aliphatic hydroxyl groups excluding tert-OH is 1. The lowest BCUT2D eigenvalue weighted by Gasteiger charge is -2.19. The van der Waals surface area contributed by atoms with Crippen LogP contribution in [-0.2, 0) is 0 Å². The summed E-state index contributed by atoms with van der Waals surface area (Å²) >= 11 is 5.95. The predicted octanol–water partition coefficient (Wildman–Crippen LogP) is 1.65. The number of hydrogen-bond donors (Lipinski definition) is 1. The molecule has 3 rings (SSSR count). The molecule has 0 aromatic carbocycles. The lowest BCUT2D eigenvalue weighted by atomic mass is 10.00. The standard InChI is InChI=1S/C12H16ClN3O/c1-7-14-11(13)4-12(15-7)16-5-8-2-3-10(17)9(8)6-16/h4,8-10,17H,2-3,5-6H2,1H3. The number of anilines is 1. The van der Waals surface area contributed by atoms with Crippen molar-refractivity contribution < 1.29 is 5.11 Å². The fourth-order valence-corrected chi connectivity index (χ4v) is 3.32. The summed E-state index contributed by atoms with van der Waals surface area (Å²) in [4.78, 5) is 10.7. The van der Waals surface area contributed by atoms with Crippen LogP contribution in [0.5, 0.6) is 0 Å². The largest absolute Gasteiger partial charge is 0.393 e. The lowest BCUT2D eigenvalue weighted by molar-refractivity contribution is 0.133. The van der Waals surface area contributed by atoms with Crippen LogP contribution in [0.25, 0.3) is 0 Å². The lowest BCUT2D eigenvalue weighted by Crippen LogP contribution is -2.25. The highest BCUT2D eigenvalue weighted by Crippen LogP contribution is 2.39. The average molecular weight is 254 g/mol. The Morgan fingerprint density at radius 2 is 2.18 bits per heavy atom. The first-order valence-corrected chi connectivity index (χ1v) is 6.45. The van der Waals surface area contributed by atoms with Crippen LogP contribution in [0.4, 0.5) is 5.82 Å². The van der Waals surface area contributed by atoms with E-state index in [2.05, 4.69) is 14.9 Å². The van der Waals surface area contributed by atoms with E-state index < -0.39 is 0 Å². The van der Waals surface area contributed by atoms with Crippen molar-refractivity contribution in [3.63, 3.8) is 0 Å². The Morgan fingerprint density at radius 1 is 1.35 bits per heavy atom. The average Bonchev–Trinajstić information content (AvgIpc) is 2.80. The van der Waals surface area contributed by atoms with E-state index in [0.29, 0.717) is 22.8 Å². The van der Waals surface area contributed by atoms with Gasteiger partial charge in [-0.2, -0.15) is 0 Å². The predicted molar refractivity (Wildman–Crippen MR) is 66.2 cm³/mol. The topological polar surface area (TPSA) is 49.2 Å². The molecule has 1 aromatic heterocycles. The maximum Gasteiger partial charge on any atom is 0.134 e. The van der Waals surface area contributed by atoms with Gasteiger partial charge in [-0.1, -0.05) is 11.6 Å². The number of aromatic nitrogens is 2. The number of nitrogens with zero attached hydrogens (tertiary/aromatic N) is 3. The van der Waals surface area contributed by atoms with Gasteiger partial charge in [0.2, 0.25) is 0 Å². The van der Waals surface area contributed by atoms with Crippen molar-refractivity contribution >= 4 is 17.4 Å². The zero-order valence-electron chi connectivity index (χ0n) is 9.80. The molecule has 2 heterocycles. The molecule has 92 valence electrons. The summed E-state index contributed by atoms with van der Waals surface area (Å²) in [5.74, 6) is 2.61. The van der Waals surface area contributed by atoms with Gasteiger partial charge in [-0.15, -0.1) is 0 Å². The van der Waals surface area contributed by atoms with E-state index in [4.69, 9.17) is 11.6 Å². The first kappa shape index (κ1) is 11.2. The molecule has 0 bridgehead atoms. The Balaban J connectivity index is 1.82. The van der Waals surface area contributed by atoms with Crippen molar-refractivity contribution in [3.8, 4) is 0 Å². The third-order valence-electron chi connectivity index (χ3n) is 3.94. The van der Waals surface area contributed by atoms with Crippen LogP contribution in [0, 0.1) is 18.8 Å². The van der Waals surface area contributed by atoms with E-state index in [1.54, 1.807) is 0 Å². The van der Waals surface area contributed by atoms with Crippen LogP contribution in [0.2, 0.25) is 5.15 Å². The van der Waals surface area contributed by atoms with E-state index in [-0.39, 0.29) is 6.10 Å². The Bertz CT molecular complexity index is 420. The zero-order chi connectivity index (χ0) is 12.0. The van der Waals surface area contributed by atoms with Crippen LogP contribution >= 0.6 is 11.6 Å². The van der Waals surface area contributed by atoms with Gasteiger partial charge in [-0.3, -0.25) is 0 Å². The van der Waals surface area contributed by atoms with E-state index >= 15 is 0 Å². The summed E-state index contributed by atoms with van der Waals surface area (Å²) in [6.45, 7) is 3.72. The molecule has 5 heteroatoms. The van der Waals surface area contributed by atoms with E-state index in [9.17, 15) is 5.11 Å². The van der Waals surface area contributed by atoms with Gasteiger partial charge in [0.1, 0.15) is 16.8 Å². The third kappa shape index (κ3) is 2.00. The minimum absolute atomic E-state index is 0.136. The van der Waals surface area contributed by atoms with E-state index in [1.165, 1.54) is 0 Å². The monoisotopic (exact) mass is 253 g/mol. The molecular formula is C12H16ClN3O. The number of fused-ring (bicyclic) bond motifs is 1. The molecule has 1 aliphatic carbocycles. The molecule has 17 heavy (non-hydrogen) atoms. The number of aliphatic hydroxyl groups is 1. The second kappa shape index (κ2) is 4.10. The van der Waals surface area contributed by atoms with Gasteiger partial charge in [0.25, 0.3) is 0 Å². The quantitative estimate of drug-likeness (QED) is 0.774. The van der Waals surface area contributed by atoms with Crippen LogP contribution in [0.15, 0.2) is 6.07 Å². The van der Waals surface area contributed by atoms with Crippen LogP contribution in [0.3, 0.4) is 0 Å². The fourth-order valence-electron chi connectivity index (χ4n) is 3.10. The molecule has 2 aliphatic rings. The summed E-state index contributed by atoms with van der Waals surface area (Å²) in [6.07, 6.45) is 1.94. The van der Waals surface area contributed by atoms with Crippen LogP contribution in [-0.4, -0.2) is 34.3 Å². The van der Waals surface area contributed by atoms with Crippen molar-refractivity contribution in [2.24, 2.45) is 11.8 Å². The molecule has 0 spiro atoms. The second-order valence-electron chi connectivity index (χ2n) is 5.07. The molecule has 1 aliphatic heterocycles. The highest BCUT2D eigenvalue weighted by atomic mass is 35.5. The molecule has 1 saturated carbocycles. The second-order valence-corrected chi connectivity index (χ2v) is 5.46. The summed E-state index contributed by atoms with van der Waals surface area (Å²) in [5, 5.41) is 10.4. The van der Waals surface area contributed by atoms with Crippen molar-refractivity contribution in [2.45, 2.75) is 25.9 Å². The molecule has 1 N–H and O–H groups in total. The first-order chi connectivity index (χ1) is 8.13. The van der Waals surface area contributed by atoms with Gasteiger partial charge in [-0.05, 0) is 25.7 Å². The van der Waals surface area contributed by atoms with Crippen LogP contribution in [0.1, 0.15) is 18.7 Å². The van der Waals surface area contributed by atoms with Crippen molar-refractivity contribution in [1.82, 2.24) is 9.97 Å². The Morgan fingerprint density at radius 3 is 2.88 bits per heavy atom. The number of hydrogen-bond acceptors (Lipinski definition) is 4. The minimum atomic E-state index is -0.136. The molecule has 0 radical (unpaired) electrons. The van der Waals surface area contributed by atoms with Crippen molar-refractivity contribution in [2.75, 3.05) is 18.0 Å². The smallest absolute Gasteiger partial charge is 0.134 e. The Labute approximate surface area is 106 Å². The maximum atomic E-state index is 9.89. The van der Waals surface area contributed by atoms with Crippen molar-refractivity contribution in [1.29, 1.82) is 0 Å². The van der Waals surface area contributed by atoms with Gasteiger partial charge >= 0.3 is 0 Å². The normalized spacial score (nSPS) is 31.9. The number of rotatable bonds is 1. The molecule has 0 amide bonds. The van der Waals surface area contributed by atoms with Gasteiger partial charge in [-0.25, -0.2) is 9.97 Å². The molecular weight excluding hydrogens is 238 g/mol. The van der Waals surface area contributed by atoms with Gasteiger partial charge < -0.3 is 10.0 Å². The molecule has 3 atom stereocenters. The third-order valence-corrected chi connectivity index (χ3v) is 4.13. The first-order valence-electron chi connectivity index (χ1n) is 6.07. The number of halogens is 1. The van der Waals surface area contributed by atoms with Crippen LogP contribution < -0.4 is 4.90 Å². The minimum Gasteiger partial charge on any atom is -0.393 e. The maximum absolute atomic E-state index is 9.89. The summed E-state index contributed by atoms with van der Waals surface area (Å²) in [6, 6.07) is 1.81. The summed E-state index contributed by atoms with van der Waals surface area (Å²) < 4.78 is 0. The van der Waals surface area contributed by atoms with Crippen molar-refractivity contribution in [3.05, 3.63) is 17.0 Å². The molecule has 4 nitrogen and oxygen atoms in total. The molecule has 2 fully saturated rings. The highest BCUT2D eigenvalue weighted by Gasteiger charge is 2.42. The van der Waals surface area contributed by atoms with Gasteiger partial charge in [0.15, 0.2) is 0 Å². The SMILES string of the molecule is Cc1nc(Cl)cc(N2CC3CCC(O)C3C2)n1. The number of aryl methyl sites for hydroxylation is 1.